The van der Waals surface area contributed by atoms with Gasteiger partial charge >= 0.3 is 0 Å². The van der Waals surface area contributed by atoms with E-state index in [1.54, 1.807) is 6.26 Å². The van der Waals surface area contributed by atoms with Crippen molar-refractivity contribution in [2.75, 3.05) is 13.1 Å². The van der Waals surface area contributed by atoms with E-state index in [0.717, 1.165) is 30.7 Å². The van der Waals surface area contributed by atoms with Gasteiger partial charge in [-0.15, -0.1) is 12.3 Å². The van der Waals surface area contributed by atoms with Crippen molar-refractivity contribution in [3.05, 3.63) is 30.2 Å². The highest BCUT2D eigenvalue weighted by Gasteiger charge is 2.39. The maximum absolute atomic E-state index is 12.4. The molecule has 2 aliphatic rings. The Morgan fingerprint density at radius 2 is 2.32 bits per heavy atom. The molecule has 0 saturated heterocycles. The first-order valence-corrected chi connectivity index (χ1v) is 7.61. The van der Waals surface area contributed by atoms with E-state index in [0.29, 0.717) is 25.8 Å². The van der Waals surface area contributed by atoms with E-state index in [1.165, 1.54) is 0 Å². The second-order valence-corrected chi connectivity index (χ2v) is 5.70. The summed E-state index contributed by atoms with van der Waals surface area (Å²) in [5.41, 5.74) is 0.699. The van der Waals surface area contributed by atoms with Crippen LogP contribution >= 0.6 is 0 Å². The minimum Gasteiger partial charge on any atom is -0.465 e. The minimum absolute atomic E-state index is 0.148. The Bertz CT molecular complexity index is 631. The van der Waals surface area contributed by atoms with Gasteiger partial charge in [-0.3, -0.25) is 4.79 Å². The summed E-state index contributed by atoms with van der Waals surface area (Å²) in [6.07, 6.45) is 12.4. The molecule has 0 bridgehead atoms. The third-order valence-electron chi connectivity index (χ3n) is 4.13. The van der Waals surface area contributed by atoms with Gasteiger partial charge in [-0.05, 0) is 18.6 Å². The molecule has 114 valence electrons. The molecule has 0 spiro atoms. The molecule has 22 heavy (non-hydrogen) atoms. The van der Waals surface area contributed by atoms with Gasteiger partial charge in [0.05, 0.1) is 6.26 Å². The highest BCUT2D eigenvalue weighted by atomic mass is 16.3. The molecule has 3 rings (SSSR count). The molecule has 0 unspecified atom stereocenters. The van der Waals surface area contributed by atoms with E-state index in [9.17, 15) is 4.79 Å². The van der Waals surface area contributed by atoms with E-state index in [-0.39, 0.29) is 11.6 Å². The van der Waals surface area contributed by atoms with Gasteiger partial charge in [0.25, 0.3) is 0 Å². The van der Waals surface area contributed by atoms with Crippen molar-refractivity contribution in [1.82, 2.24) is 4.90 Å². The quantitative estimate of drug-likeness (QED) is 0.757. The summed E-state index contributed by atoms with van der Waals surface area (Å²) in [5, 5.41) is 8.15. The molecular weight excluding hydrogens is 278 g/mol. The van der Waals surface area contributed by atoms with Gasteiger partial charge in [-0.25, -0.2) is 0 Å². The van der Waals surface area contributed by atoms with Crippen molar-refractivity contribution < 1.29 is 9.21 Å². The van der Waals surface area contributed by atoms with Crippen molar-refractivity contribution in [3.8, 4) is 12.3 Å². The van der Waals surface area contributed by atoms with Crippen molar-refractivity contribution in [2.45, 2.75) is 37.8 Å². The Kier molecular flexibility index (Phi) is 4.10. The van der Waals surface area contributed by atoms with Gasteiger partial charge in [0.1, 0.15) is 5.76 Å². The third-order valence-corrected chi connectivity index (χ3v) is 4.13. The van der Waals surface area contributed by atoms with Crippen molar-refractivity contribution >= 4 is 11.5 Å². The summed E-state index contributed by atoms with van der Waals surface area (Å²) in [4.78, 5) is 14.3. The molecule has 0 fully saturated rings. The molecule has 2 aliphatic heterocycles. The van der Waals surface area contributed by atoms with Crippen LogP contribution in [0.2, 0.25) is 0 Å². The van der Waals surface area contributed by atoms with Crippen LogP contribution in [-0.2, 0) is 4.79 Å². The van der Waals surface area contributed by atoms with Crippen LogP contribution in [0.3, 0.4) is 0 Å². The van der Waals surface area contributed by atoms with Gasteiger partial charge in [0.2, 0.25) is 5.91 Å². The predicted molar refractivity (Wildman–Crippen MR) is 82.8 cm³/mol. The van der Waals surface area contributed by atoms with E-state index < -0.39 is 0 Å². The van der Waals surface area contributed by atoms with Crippen LogP contribution in [0.15, 0.2) is 39.1 Å². The lowest BCUT2D eigenvalue weighted by molar-refractivity contribution is -0.131. The first-order chi connectivity index (χ1) is 10.7. The maximum Gasteiger partial charge on any atom is 0.223 e. The van der Waals surface area contributed by atoms with Crippen LogP contribution in [0.1, 0.15) is 37.9 Å². The first-order valence-electron chi connectivity index (χ1n) is 7.61. The number of terminal acetylenes is 1. The van der Waals surface area contributed by atoms with Crippen LogP contribution < -0.4 is 0 Å². The number of hydrogen-bond acceptors (Lipinski definition) is 4. The highest BCUT2D eigenvalue weighted by molar-refractivity contribution is 5.79. The van der Waals surface area contributed by atoms with Gasteiger partial charge in [0, 0.05) is 44.3 Å². The summed E-state index contributed by atoms with van der Waals surface area (Å²) in [5.74, 6) is 3.59. The second-order valence-electron chi connectivity index (χ2n) is 5.70. The fourth-order valence-electron chi connectivity index (χ4n) is 2.73. The molecule has 0 N–H and O–H groups in total. The molecule has 3 heterocycles. The lowest BCUT2D eigenvalue weighted by Gasteiger charge is -2.27. The Hall–Kier alpha value is -2.35. The van der Waals surface area contributed by atoms with Crippen LogP contribution in [-0.4, -0.2) is 29.6 Å². The summed E-state index contributed by atoms with van der Waals surface area (Å²) in [6, 6.07) is 3.79. The minimum atomic E-state index is -0.377. The molecule has 5 heteroatoms. The SMILES string of the molecule is C#CCCC1(CCC(=O)N2CCC=C(c3ccco3)C2)N=N1. The largest absolute Gasteiger partial charge is 0.465 e. The normalized spacial score (nSPS) is 18.7. The zero-order valence-corrected chi connectivity index (χ0v) is 12.5. The Balaban J connectivity index is 1.51. The topological polar surface area (TPSA) is 58.2 Å². The zero-order valence-electron chi connectivity index (χ0n) is 12.5. The molecule has 0 saturated carbocycles. The monoisotopic (exact) mass is 297 g/mol. The lowest BCUT2D eigenvalue weighted by Crippen LogP contribution is -2.36. The van der Waals surface area contributed by atoms with Gasteiger partial charge < -0.3 is 9.32 Å². The molecule has 1 aromatic rings. The van der Waals surface area contributed by atoms with Crippen LogP contribution in [0.5, 0.6) is 0 Å². The van der Waals surface area contributed by atoms with E-state index >= 15 is 0 Å². The van der Waals surface area contributed by atoms with E-state index in [1.807, 2.05) is 17.0 Å². The van der Waals surface area contributed by atoms with Crippen LogP contribution in [0.25, 0.3) is 5.57 Å². The Morgan fingerprint density at radius 3 is 3.00 bits per heavy atom. The van der Waals surface area contributed by atoms with Crippen molar-refractivity contribution in [2.24, 2.45) is 10.2 Å². The number of carbonyl (C=O) groups is 1. The highest BCUT2D eigenvalue weighted by Crippen LogP contribution is 2.37. The summed E-state index contributed by atoms with van der Waals surface area (Å²) in [7, 11) is 0. The van der Waals surface area contributed by atoms with Crippen LogP contribution in [0.4, 0.5) is 0 Å². The standard InChI is InChI=1S/C17H19N3O2/c1-2-3-9-17(18-19-17)10-8-16(21)20-11-4-6-14(13-20)15-7-5-12-22-15/h1,5-7,12H,3-4,8-11,13H2. The summed E-state index contributed by atoms with van der Waals surface area (Å²) < 4.78 is 5.41. The van der Waals surface area contributed by atoms with Gasteiger partial charge in [-0.2, -0.15) is 10.2 Å². The number of rotatable bonds is 6. The average Bonchev–Trinajstić information content (AvgIpc) is 3.10. The molecule has 0 aliphatic carbocycles. The third kappa shape index (κ3) is 3.28. The number of amides is 1. The van der Waals surface area contributed by atoms with Crippen molar-refractivity contribution in [1.29, 1.82) is 0 Å². The molecule has 0 aromatic carbocycles. The number of carbonyl (C=O) groups excluding carboxylic acids is 1. The average molecular weight is 297 g/mol. The van der Waals surface area contributed by atoms with Crippen molar-refractivity contribution in [3.63, 3.8) is 0 Å². The second kappa shape index (κ2) is 6.18. The molecular formula is C17H19N3O2. The zero-order chi connectivity index (χ0) is 15.4. The molecule has 1 aromatic heterocycles. The van der Waals surface area contributed by atoms with E-state index in [2.05, 4.69) is 22.2 Å². The summed E-state index contributed by atoms with van der Waals surface area (Å²) >= 11 is 0. The fraction of sp³-hybridized carbons (Fsp3) is 0.471. The smallest absolute Gasteiger partial charge is 0.223 e. The molecule has 1 amide bonds. The number of furan rings is 1. The van der Waals surface area contributed by atoms with Gasteiger partial charge in [0.15, 0.2) is 5.66 Å². The lowest BCUT2D eigenvalue weighted by atomic mass is 10.0. The van der Waals surface area contributed by atoms with Gasteiger partial charge in [-0.1, -0.05) is 6.08 Å². The first kappa shape index (κ1) is 14.6. The maximum atomic E-state index is 12.4. The molecule has 0 atom stereocenters. The Morgan fingerprint density at radius 1 is 1.45 bits per heavy atom. The predicted octanol–water partition coefficient (Wildman–Crippen LogP) is 3.25. The molecule has 5 nitrogen and oxygen atoms in total. The Labute approximate surface area is 130 Å². The van der Waals surface area contributed by atoms with E-state index in [4.69, 9.17) is 10.8 Å². The fourth-order valence-corrected chi connectivity index (χ4v) is 2.73. The summed E-state index contributed by atoms with van der Waals surface area (Å²) in [6.45, 7) is 1.37. The molecule has 0 radical (unpaired) electrons. The number of nitrogens with zero attached hydrogens (tertiary/aromatic N) is 3. The number of hydrogen-bond donors (Lipinski definition) is 0. The van der Waals surface area contributed by atoms with Crippen LogP contribution in [0, 0.1) is 12.3 Å².